The van der Waals surface area contributed by atoms with Crippen molar-refractivity contribution in [2.75, 3.05) is 0 Å². The number of carbonyl (C=O) groups excluding carboxylic acids is 1. The Labute approximate surface area is 122 Å². The Morgan fingerprint density at radius 1 is 1.39 bits per heavy atom. The van der Waals surface area contributed by atoms with Crippen LogP contribution in [0.5, 0.6) is 5.75 Å². The molecule has 1 atom stereocenters. The number of ether oxygens (including phenoxy) is 1. The Morgan fingerprint density at radius 2 is 1.94 bits per heavy atom. The molecule has 1 aromatic carbocycles. The number of carbonyl (C=O) groups is 1. The minimum absolute atomic E-state index is 0.0830. The second kappa shape index (κ2) is 6.41. The third-order valence-corrected chi connectivity index (χ3v) is 3.56. The third kappa shape index (κ3) is 4.84. The topological polar surface area (TPSA) is 38.3 Å². The molecule has 0 spiro atoms. The number of hydrogen-bond donors (Lipinski definition) is 1. The average Bonchev–Trinajstić information content (AvgIpc) is 2.31. The van der Waals surface area contributed by atoms with E-state index in [1.54, 1.807) is 6.92 Å². The van der Waals surface area contributed by atoms with Crippen molar-refractivity contribution in [3.63, 3.8) is 0 Å². The molecule has 4 heteroatoms. The van der Waals surface area contributed by atoms with E-state index >= 15 is 0 Å². The summed E-state index contributed by atoms with van der Waals surface area (Å²) in [6, 6.07) is 7.65. The highest BCUT2D eigenvalue weighted by Crippen LogP contribution is 2.15. The molecule has 0 saturated heterocycles. The molecule has 1 rings (SSSR count). The minimum Gasteiger partial charge on any atom is -0.481 e. The van der Waals surface area contributed by atoms with Crippen LogP contribution < -0.4 is 10.1 Å². The molecule has 0 heterocycles. The van der Waals surface area contributed by atoms with Crippen LogP contribution in [0.3, 0.4) is 0 Å². The van der Waals surface area contributed by atoms with Crippen LogP contribution in [0.4, 0.5) is 0 Å². The van der Waals surface area contributed by atoms with Gasteiger partial charge in [0.05, 0.1) is 0 Å². The van der Waals surface area contributed by atoms with E-state index in [0.29, 0.717) is 5.75 Å². The summed E-state index contributed by atoms with van der Waals surface area (Å²) in [5, 5.41) is 2.97. The van der Waals surface area contributed by atoms with Gasteiger partial charge in [0.2, 0.25) is 0 Å². The van der Waals surface area contributed by atoms with Gasteiger partial charge in [0.1, 0.15) is 5.75 Å². The van der Waals surface area contributed by atoms with Crippen LogP contribution in [-0.4, -0.2) is 17.6 Å². The van der Waals surface area contributed by atoms with Crippen molar-refractivity contribution in [1.29, 1.82) is 0 Å². The molecule has 18 heavy (non-hydrogen) atoms. The molecule has 1 amide bonds. The maximum atomic E-state index is 12.0. The van der Waals surface area contributed by atoms with Crippen molar-refractivity contribution in [1.82, 2.24) is 5.32 Å². The molecule has 0 bridgehead atoms. The van der Waals surface area contributed by atoms with Gasteiger partial charge in [0.25, 0.3) is 5.91 Å². The summed E-state index contributed by atoms with van der Waals surface area (Å²) in [4.78, 5) is 12.0. The van der Waals surface area contributed by atoms with Crippen LogP contribution in [0.15, 0.2) is 24.3 Å². The zero-order valence-electron chi connectivity index (χ0n) is 11.3. The highest BCUT2D eigenvalue weighted by atomic mass is 127. The fourth-order valence-corrected chi connectivity index (χ4v) is 1.65. The van der Waals surface area contributed by atoms with Crippen molar-refractivity contribution in [3.8, 4) is 5.75 Å². The largest absolute Gasteiger partial charge is 0.481 e. The van der Waals surface area contributed by atoms with Crippen LogP contribution in [0.1, 0.15) is 34.1 Å². The van der Waals surface area contributed by atoms with Gasteiger partial charge in [-0.25, -0.2) is 0 Å². The maximum absolute atomic E-state index is 12.0. The van der Waals surface area contributed by atoms with E-state index in [0.717, 1.165) is 9.99 Å². The standard InChI is InChI=1S/C14H20INO2/c1-5-14(3,4)16-13(17)10(2)18-12-8-6-11(15)7-9-12/h6-10H,5H2,1-4H3,(H,16,17). The first-order valence-electron chi connectivity index (χ1n) is 6.08. The van der Waals surface area contributed by atoms with Gasteiger partial charge in [0.15, 0.2) is 6.10 Å². The Morgan fingerprint density at radius 3 is 2.44 bits per heavy atom. The van der Waals surface area contributed by atoms with Crippen molar-refractivity contribution >= 4 is 28.5 Å². The lowest BCUT2D eigenvalue weighted by Gasteiger charge is -2.26. The van der Waals surface area contributed by atoms with Crippen molar-refractivity contribution in [2.24, 2.45) is 0 Å². The first-order chi connectivity index (χ1) is 8.34. The molecule has 0 aromatic heterocycles. The molecule has 1 aromatic rings. The zero-order chi connectivity index (χ0) is 13.8. The average molecular weight is 361 g/mol. The maximum Gasteiger partial charge on any atom is 0.261 e. The first kappa shape index (κ1) is 15.3. The number of amides is 1. The van der Waals surface area contributed by atoms with Crippen LogP contribution in [0.25, 0.3) is 0 Å². The van der Waals surface area contributed by atoms with Gasteiger partial charge in [-0.1, -0.05) is 6.92 Å². The van der Waals surface area contributed by atoms with Gasteiger partial charge < -0.3 is 10.1 Å². The quantitative estimate of drug-likeness (QED) is 0.817. The number of rotatable bonds is 5. The van der Waals surface area contributed by atoms with Gasteiger partial charge in [-0.15, -0.1) is 0 Å². The second-order valence-corrected chi connectivity index (χ2v) is 6.19. The molecular weight excluding hydrogens is 341 g/mol. The number of nitrogens with one attached hydrogen (secondary N) is 1. The van der Waals surface area contributed by atoms with Crippen LogP contribution in [0.2, 0.25) is 0 Å². The molecule has 3 nitrogen and oxygen atoms in total. The highest BCUT2D eigenvalue weighted by molar-refractivity contribution is 14.1. The molecule has 0 aliphatic carbocycles. The van der Waals surface area contributed by atoms with Crippen LogP contribution in [-0.2, 0) is 4.79 Å². The monoisotopic (exact) mass is 361 g/mol. The molecule has 1 unspecified atom stereocenters. The lowest BCUT2D eigenvalue weighted by atomic mass is 10.0. The number of hydrogen-bond acceptors (Lipinski definition) is 2. The van der Waals surface area contributed by atoms with E-state index in [9.17, 15) is 4.79 Å². The van der Waals surface area contributed by atoms with E-state index < -0.39 is 6.10 Å². The van der Waals surface area contributed by atoms with Crippen LogP contribution in [0, 0.1) is 3.57 Å². The van der Waals surface area contributed by atoms with E-state index in [-0.39, 0.29) is 11.4 Å². The Kier molecular flexibility index (Phi) is 5.44. The van der Waals surface area contributed by atoms with E-state index in [2.05, 4.69) is 27.9 Å². The molecule has 0 aliphatic heterocycles. The number of benzene rings is 1. The Hall–Kier alpha value is -0.780. The summed E-state index contributed by atoms with van der Waals surface area (Å²) in [6.45, 7) is 7.81. The summed E-state index contributed by atoms with van der Waals surface area (Å²) >= 11 is 2.23. The van der Waals surface area contributed by atoms with E-state index in [1.807, 2.05) is 45.0 Å². The second-order valence-electron chi connectivity index (χ2n) is 4.94. The Balaban J connectivity index is 2.57. The molecular formula is C14H20INO2. The fourth-order valence-electron chi connectivity index (χ4n) is 1.29. The van der Waals surface area contributed by atoms with Crippen molar-refractivity contribution in [3.05, 3.63) is 27.8 Å². The molecule has 1 N–H and O–H groups in total. The van der Waals surface area contributed by atoms with E-state index in [4.69, 9.17) is 4.74 Å². The van der Waals surface area contributed by atoms with Gasteiger partial charge in [-0.3, -0.25) is 4.79 Å². The lowest BCUT2D eigenvalue weighted by Crippen LogP contribution is -2.48. The zero-order valence-corrected chi connectivity index (χ0v) is 13.4. The normalized spacial score (nSPS) is 12.9. The molecule has 0 saturated carbocycles. The lowest BCUT2D eigenvalue weighted by molar-refractivity contribution is -0.128. The molecule has 0 fully saturated rings. The van der Waals surface area contributed by atoms with Crippen LogP contribution >= 0.6 is 22.6 Å². The van der Waals surface area contributed by atoms with Crippen molar-refractivity contribution < 1.29 is 9.53 Å². The summed E-state index contributed by atoms with van der Waals surface area (Å²) < 4.78 is 6.75. The van der Waals surface area contributed by atoms with Gasteiger partial charge in [-0.2, -0.15) is 0 Å². The number of halogens is 1. The van der Waals surface area contributed by atoms with Gasteiger partial charge in [0, 0.05) is 9.11 Å². The fraction of sp³-hybridized carbons (Fsp3) is 0.500. The van der Waals surface area contributed by atoms with Gasteiger partial charge in [-0.05, 0) is 74.0 Å². The smallest absolute Gasteiger partial charge is 0.261 e. The molecule has 0 radical (unpaired) electrons. The predicted octanol–water partition coefficient (Wildman–Crippen LogP) is 3.36. The SMILES string of the molecule is CCC(C)(C)NC(=O)C(C)Oc1ccc(I)cc1. The predicted molar refractivity (Wildman–Crippen MR) is 81.8 cm³/mol. The van der Waals surface area contributed by atoms with E-state index in [1.165, 1.54) is 0 Å². The highest BCUT2D eigenvalue weighted by Gasteiger charge is 2.22. The summed E-state index contributed by atoms with van der Waals surface area (Å²) in [6.07, 6.45) is 0.394. The minimum atomic E-state index is -0.490. The first-order valence-corrected chi connectivity index (χ1v) is 7.16. The summed E-state index contributed by atoms with van der Waals surface area (Å²) in [5.74, 6) is 0.632. The Bertz CT molecular complexity index is 401. The molecule has 0 aliphatic rings. The van der Waals surface area contributed by atoms with Crippen molar-refractivity contribution in [2.45, 2.75) is 45.8 Å². The summed E-state index contributed by atoms with van der Waals surface area (Å²) in [7, 11) is 0. The molecule has 100 valence electrons. The summed E-state index contributed by atoms with van der Waals surface area (Å²) in [5.41, 5.74) is -0.194. The third-order valence-electron chi connectivity index (χ3n) is 2.84. The van der Waals surface area contributed by atoms with Gasteiger partial charge >= 0.3 is 0 Å².